The first-order chi connectivity index (χ1) is 9.78. The van der Waals surface area contributed by atoms with E-state index in [2.05, 4.69) is 16.3 Å². The molecule has 106 valence electrons. The monoisotopic (exact) mass is 273 g/mol. The Bertz CT molecular complexity index is 517. The Morgan fingerprint density at radius 3 is 3.00 bits per heavy atom. The second-order valence-corrected chi connectivity index (χ2v) is 5.80. The molecule has 0 aliphatic carbocycles. The summed E-state index contributed by atoms with van der Waals surface area (Å²) < 4.78 is 13.4. The van der Waals surface area contributed by atoms with Crippen LogP contribution in [0.2, 0.25) is 0 Å². The average molecular weight is 273 g/mol. The molecule has 0 spiro atoms. The topological polar surface area (TPSA) is 39.1 Å². The summed E-state index contributed by atoms with van der Waals surface area (Å²) in [6.45, 7) is 2.84. The van der Waals surface area contributed by atoms with Gasteiger partial charge >= 0.3 is 0 Å². The lowest BCUT2D eigenvalue weighted by Gasteiger charge is -2.29. The molecule has 1 aromatic carbocycles. The molecular formula is C16H20FN3. The van der Waals surface area contributed by atoms with Crippen molar-refractivity contribution in [2.24, 2.45) is 0 Å². The van der Waals surface area contributed by atoms with Gasteiger partial charge in [0.05, 0.1) is 11.6 Å². The standard InChI is InChI=1S/C16H20FN3/c17-14-6-5-12(10-18)13(9-14)11-20-8-2-4-16(20)15-3-1-7-19-15/h5-6,9,15-16,19H,1-4,7-8,11H2. The maximum atomic E-state index is 13.4. The third kappa shape index (κ3) is 2.70. The maximum absolute atomic E-state index is 13.4. The molecule has 2 fully saturated rings. The van der Waals surface area contributed by atoms with Crippen LogP contribution in [0.5, 0.6) is 0 Å². The smallest absolute Gasteiger partial charge is 0.123 e. The van der Waals surface area contributed by atoms with Crippen LogP contribution in [-0.4, -0.2) is 30.1 Å². The highest BCUT2D eigenvalue weighted by Crippen LogP contribution is 2.27. The molecule has 1 aromatic rings. The van der Waals surface area contributed by atoms with Crippen molar-refractivity contribution in [2.45, 2.75) is 44.3 Å². The highest BCUT2D eigenvalue weighted by atomic mass is 19.1. The zero-order valence-electron chi connectivity index (χ0n) is 11.6. The number of nitrogens with zero attached hydrogens (tertiary/aromatic N) is 2. The minimum Gasteiger partial charge on any atom is -0.312 e. The van der Waals surface area contributed by atoms with Gasteiger partial charge in [0, 0.05) is 18.6 Å². The van der Waals surface area contributed by atoms with Gasteiger partial charge in [-0.05, 0) is 62.5 Å². The van der Waals surface area contributed by atoms with Gasteiger partial charge in [0.25, 0.3) is 0 Å². The van der Waals surface area contributed by atoms with Crippen LogP contribution in [0.4, 0.5) is 4.39 Å². The molecule has 2 aliphatic rings. The number of rotatable bonds is 3. The lowest BCUT2D eigenvalue weighted by molar-refractivity contribution is 0.206. The predicted octanol–water partition coefficient (Wildman–Crippen LogP) is 2.41. The molecule has 2 unspecified atom stereocenters. The molecule has 0 bridgehead atoms. The Balaban J connectivity index is 1.76. The molecule has 0 radical (unpaired) electrons. The summed E-state index contributed by atoms with van der Waals surface area (Å²) in [7, 11) is 0. The molecule has 0 saturated carbocycles. The molecule has 1 N–H and O–H groups in total. The summed E-state index contributed by atoms with van der Waals surface area (Å²) in [4.78, 5) is 2.42. The zero-order valence-corrected chi connectivity index (χ0v) is 11.6. The normalized spacial score (nSPS) is 26.8. The maximum Gasteiger partial charge on any atom is 0.123 e. The van der Waals surface area contributed by atoms with Crippen molar-refractivity contribution in [2.75, 3.05) is 13.1 Å². The van der Waals surface area contributed by atoms with Crippen molar-refractivity contribution >= 4 is 0 Å². The summed E-state index contributed by atoms with van der Waals surface area (Å²) >= 11 is 0. The van der Waals surface area contributed by atoms with Crippen molar-refractivity contribution in [3.05, 3.63) is 35.1 Å². The number of nitriles is 1. The molecule has 20 heavy (non-hydrogen) atoms. The van der Waals surface area contributed by atoms with E-state index in [0.29, 0.717) is 24.2 Å². The SMILES string of the molecule is N#Cc1ccc(F)cc1CN1CCCC1C1CCCN1. The molecule has 3 nitrogen and oxygen atoms in total. The van der Waals surface area contributed by atoms with Crippen molar-refractivity contribution in [1.29, 1.82) is 5.26 Å². The first kappa shape index (κ1) is 13.5. The van der Waals surface area contributed by atoms with E-state index < -0.39 is 0 Å². The van der Waals surface area contributed by atoms with Crippen molar-refractivity contribution < 1.29 is 4.39 Å². The number of likely N-dealkylation sites (tertiary alicyclic amines) is 1. The van der Waals surface area contributed by atoms with Crippen LogP contribution in [0.3, 0.4) is 0 Å². The number of benzene rings is 1. The van der Waals surface area contributed by atoms with Gasteiger partial charge in [0.2, 0.25) is 0 Å². The summed E-state index contributed by atoms with van der Waals surface area (Å²) in [6, 6.07) is 7.73. The quantitative estimate of drug-likeness (QED) is 0.919. The highest BCUT2D eigenvalue weighted by molar-refractivity contribution is 5.37. The van der Waals surface area contributed by atoms with Crippen molar-refractivity contribution in [3.63, 3.8) is 0 Å². The molecule has 3 rings (SSSR count). The highest BCUT2D eigenvalue weighted by Gasteiger charge is 2.33. The van der Waals surface area contributed by atoms with Gasteiger partial charge in [-0.25, -0.2) is 4.39 Å². The minimum absolute atomic E-state index is 0.256. The van der Waals surface area contributed by atoms with Gasteiger partial charge in [-0.3, -0.25) is 4.90 Å². The lowest BCUT2D eigenvalue weighted by atomic mass is 10.0. The van der Waals surface area contributed by atoms with Crippen LogP contribution < -0.4 is 5.32 Å². The summed E-state index contributed by atoms with van der Waals surface area (Å²) in [5.41, 5.74) is 1.41. The lowest BCUT2D eigenvalue weighted by Crippen LogP contribution is -2.43. The van der Waals surface area contributed by atoms with E-state index in [4.69, 9.17) is 5.26 Å². The van der Waals surface area contributed by atoms with Crippen LogP contribution in [0.15, 0.2) is 18.2 Å². The van der Waals surface area contributed by atoms with Gasteiger partial charge < -0.3 is 5.32 Å². The van der Waals surface area contributed by atoms with Crippen LogP contribution in [0.25, 0.3) is 0 Å². The van der Waals surface area contributed by atoms with Crippen LogP contribution in [0.1, 0.15) is 36.8 Å². The Morgan fingerprint density at radius 2 is 2.25 bits per heavy atom. The number of nitrogens with one attached hydrogen (secondary N) is 1. The first-order valence-corrected chi connectivity index (χ1v) is 7.44. The molecule has 2 heterocycles. The summed E-state index contributed by atoms with van der Waals surface area (Å²) in [5, 5.41) is 12.7. The van der Waals surface area contributed by atoms with E-state index >= 15 is 0 Å². The van der Waals surface area contributed by atoms with Crippen LogP contribution >= 0.6 is 0 Å². The Labute approximate surface area is 119 Å². The molecule has 2 saturated heterocycles. The fourth-order valence-electron chi connectivity index (χ4n) is 3.56. The van der Waals surface area contributed by atoms with E-state index in [0.717, 1.165) is 18.7 Å². The zero-order chi connectivity index (χ0) is 13.9. The number of halogens is 1. The summed E-state index contributed by atoms with van der Waals surface area (Å²) in [5.74, 6) is -0.256. The number of hydrogen-bond acceptors (Lipinski definition) is 3. The Kier molecular flexibility index (Phi) is 4.00. The average Bonchev–Trinajstić information content (AvgIpc) is 3.09. The van der Waals surface area contributed by atoms with Crippen molar-refractivity contribution in [1.82, 2.24) is 10.2 Å². The van der Waals surface area contributed by atoms with Crippen molar-refractivity contribution in [3.8, 4) is 6.07 Å². The van der Waals surface area contributed by atoms with Gasteiger partial charge in [-0.1, -0.05) is 0 Å². The predicted molar refractivity (Wildman–Crippen MR) is 75.6 cm³/mol. The largest absolute Gasteiger partial charge is 0.312 e. The summed E-state index contributed by atoms with van der Waals surface area (Å²) in [6.07, 6.45) is 4.88. The second kappa shape index (κ2) is 5.90. The minimum atomic E-state index is -0.256. The third-order valence-electron chi connectivity index (χ3n) is 4.54. The molecule has 4 heteroatoms. The van der Waals surface area contributed by atoms with Crippen LogP contribution in [-0.2, 0) is 6.54 Å². The van der Waals surface area contributed by atoms with E-state index in [1.54, 1.807) is 6.07 Å². The Morgan fingerprint density at radius 1 is 1.35 bits per heavy atom. The molecule has 0 aromatic heterocycles. The van der Waals surface area contributed by atoms with E-state index in [-0.39, 0.29) is 5.82 Å². The fourth-order valence-corrected chi connectivity index (χ4v) is 3.56. The first-order valence-electron chi connectivity index (χ1n) is 7.44. The Hall–Kier alpha value is -1.44. The molecular weight excluding hydrogens is 253 g/mol. The van der Waals surface area contributed by atoms with E-state index in [1.165, 1.54) is 37.8 Å². The van der Waals surface area contributed by atoms with Gasteiger partial charge in [0.1, 0.15) is 5.82 Å². The second-order valence-electron chi connectivity index (χ2n) is 5.80. The van der Waals surface area contributed by atoms with E-state index in [1.807, 2.05) is 0 Å². The number of hydrogen-bond donors (Lipinski definition) is 1. The molecule has 2 aliphatic heterocycles. The molecule has 0 amide bonds. The van der Waals surface area contributed by atoms with E-state index in [9.17, 15) is 4.39 Å². The van der Waals surface area contributed by atoms with Gasteiger partial charge in [-0.15, -0.1) is 0 Å². The third-order valence-corrected chi connectivity index (χ3v) is 4.54. The fraction of sp³-hybridized carbons (Fsp3) is 0.562. The van der Waals surface area contributed by atoms with Gasteiger partial charge in [0.15, 0.2) is 0 Å². The van der Waals surface area contributed by atoms with Gasteiger partial charge in [-0.2, -0.15) is 5.26 Å². The molecule has 2 atom stereocenters. The van der Waals surface area contributed by atoms with Crippen LogP contribution in [0, 0.1) is 17.1 Å².